The van der Waals surface area contributed by atoms with Gasteiger partial charge in [-0.2, -0.15) is 0 Å². The maximum Gasteiger partial charge on any atom is 0.134 e. The standard InChI is InChI=1S/C15H18FNO/c1-9(10-3-4-10)15(17-2)14-8-11-7-12(16)5-6-13(11)18-14/h5-10,15,17H,3-4H2,1-2H3. The molecule has 3 heteroatoms. The second-order valence-electron chi connectivity index (χ2n) is 5.29. The molecule has 0 bridgehead atoms. The molecule has 96 valence electrons. The zero-order chi connectivity index (χ0) is 12.7. The molecule has 0 saturated heterocycles. The van der Waals surface area contributed by atoms with Gasteiger partial charge < -0.3 is 9.73 Å². The van der Waals surface area contributed by atoms with Gasteiger partial charge in [0.2, 0.25) is 0 Å². The molecule has 1 aromatic carbocycles. The minimum atomic E-state index is -0.217. The summed E-state index contributed by atoms with van der Waals surface area (Å²) in [7, 11) is 1.96. The van der Waals surface area contributed by atoms with E-state index in [1.807, 2.05) is 13.1 Å². The highest BCUT2D eigenvalue weighted by atomic mass is 19.1. The molecule has 1 aliphatic carbocycles. The fourth-order valence-corrected chi connectivity index (χ4v) is 2.75. The Labute approximate surface area is 106 Å². The fourth-order valence-electron chi connectivity index (χ4n) is 2.75. The van der Waals surface area contributed by atoms with E-state index in [4.69, 9.17) is 4.42 Å². The van der Waals surface area contributed by atoms with Gasteiger partial charge in [-0.05, 0) is 56.0 Å². The van der Waals surface area contributed by atoms with Crippen LogP contribution >= 0.6 is 0 Å². The van der Waals surface area contributed by atoms with Crippen LogP contribution in [0.2, 0.25) is 0 Å². The summed E-state index contributed by atoms with van der Waals surface area (Å²) in [5.41, 5.74) is 0.759. The Morgan fingerprint density at radius 2 is 2.11 bits per heavy atom. The molecule has 1 aliphatic rings. The van der Waals surface area contributed by atoms with Gasteiger partial charge in [0, 0.05) is 5.39 Å². The van der Waals surface area contributed by atoms with E-state index < -0.39 is 0 Å². The first kappa shape index (κ1) is 11.7. The lowest BCUT2D eigenvalue weighted by Gasteiger charge is -2.21. The molecule has 2 unspecified atom stereocenters. The zero-order valence-corrected chi connectivity index (χ0v) is 10.7. The average Bonchev–Trinajstić information content (AvgIpc) is 3.11. The summed E-state index contributed by atoms with van der Waals surface area (Å²) < 4.78 is 19.0. The average molecular weight is 247 g/mol. The van der Waals surface area contributed by atoms with Crippen LogP contribution in [0.3, 0.4) is 0 Å². The summed E-state index contributed by atoms with van der Waals surface area (Å²) in [6, 6.07) is 6.83. The van der Waals surface area contributed by atoms with Crippen molar-refractivity contribution in [2.45, 2.75) is 25.8 Å². The van der Waals surface area contributed by atoms with Crippen LogP contribution < -0.4 is 5.32 Å². The minimum absolute atomic E-state index is 0.216. The maximum atomic E-state index is 13.2. The van der Waals surface area contributed by atoms with Crippen LogP contribution in [0.5, 0.6) is 0 Å². The van der Waals surface area contributed by atoms with Crippen molar-refractivity contribution < 1.29 is 8.81 Å². The molecular formula is C15H18FNO. The smallest absolute Gasteiger partial charge is 0.134 e. The lowest BCUT2D eigenvalue weighted by atomic mass is 9.95. The van der Waals surface area contributed by atoms with E-state index in [2.05, 4.69) is 12.2 Å². The minimum Gasteiger partial charge on any atom is -0.459 e. The van der Waals surface area contributed by atoms with E-state index >= 15 is 0 Å². The van der Waals surface area contributed by atoms with Crippen LogP contribution in [0.25, 0.3) is 11.0 Å². The first-order chi connectivity index (χ1) is 8.69. The summed E-state index contributed by atoms with van der Waals surface area (Å²) in [5.74, 6) is 2.05. The highest BCUT2D eigenvalue weighted by Crippen LogP contribution is 2.43. The number of hydrogen-bond acceptors (Lipinski definition) is 2. The number of benzene rings is 1. The molecule has 18 heavy (non-hydrogen) atoms. The Balaban J connectivity index is 1.96. The molecule has 0 aliphatic heterocycles. The molecule has 2 aromatic rings. The number of nitrogens with one attached hydrogen (secondary N) is 1. The van der Waals surface area contributed by atoms with Crippen molar-refractivity contribution in [3.05, 3.63) is 35.8 Å². The highest BCUT2D eigenvalue weighted by Gasteiger charge is 2.34. The third kappa shape index (κ3) is 2.03. The van der Waals surface area contributed by atoms with E-state index in [1.165, 1.54) is 25.0 Å². The van der Waals surface area contributed by atoms with Crippen molar-refractivity contribution in [1.29, 1.82) is 0 Å². The molecule has 2 nitrogen and oxygen atoms in total. The van der Waals surface area contributed by atoms with Gasteiger partial charge in [0.25, 0.3) is 0 Å². The lowest BCUT2D eigenvalue weighted by molar-refractivity contribution is 0.322. The predicted octanol–water partition coefficient (Wildman–Crippen LogP) is 3.88. The van der Waals surface area contributed by atoms with Crippen molar-refractivity contribution >= 4 is 11.0 Å². The number of furan rings is 1. The molecule has 1 N–H and O–H groups in total. The summed E-state index contributed by atoms with van der Waals surface area (Å²) in [6.45, 7) is 2.26. The molecule has 2 atom stereocenters. The maximum absolute atomic E-state index is 13.2. The van der Waals surface area contributed by atoms with Gasteiger partial charge in [-0.15, -0.1) is 0 Å². The van der Waals surface area contributed by atoms with Crippen molar-refractivity contribution in [1.82, 2.24) is 5.32 Å². The number of halogens is 1. The number of hydrogen-bond donors (Lipinski definition) is 1. The van der Waals surface area contributed by atoms with Gasteiger partial charge in [-0.1, -0.05) is 6.92 Å². The van der Waals surface area contributed by atoms with Gasteiger partial charge >= 0.3 is 0 Å². The topological polar surface area (TPSA) is 25.2 Å². The molecule has 3 rings (SSSR count). The molecular weight excluding hydrogens is 229 g/mol. The normalized spacial score (nSPS) is 19.1. The Kier molecular flexibility index (Phi) is 2.86. The molecule has 0 radical (unpaired) electrons. The van der Waals surface area contributed by atoms with E-state index in [0.29, 0.717) is 5.92 Å². The van der Waals surface area contributed by atoms with Crippen molar-refractivity contribution in [2.75, 3.05) is 7.05 Å². The largest absolute Gasteiger partial charge is 0.459 e. The SMILES string of the molecule is CNC(c1cc2cc(F)ccc2o1)C(C)C1CC1. The van der Waals surface area contributed by atoms with Gasteiger partial charge in [0.05, 0.1) is 6.04 Å². The Morgan fingerprint density at radius 3 is 2.78 bits per heavy atom. The van der Waals surface area contributed by atoms with Crippen molar-refractivity contribution in [3.63, 3.8) is 0 Å². The number of fused-ring (bicyclic) bond motifs is 1. The quantitative estimate of drug-likeness (QED) is 0.887. The first-order valence-corrected chi connectivity index (χ1v) is 6.55. The van der Waals surface area contributed by atoms with Gasteiger partial charge in [0.15, 0.2) is 0 Å². The van der Waals surface area contributed by atoms with E-state index in [0.717, 1.165) is 22.6 Å². The Hall–Kier alpha value is -1.35. The zero-order valence-electron chi connectivity index (χ0n) is 10.7. The summed E-state index contributed by atoms with van der Waals surface area (Å²) in [4.78, 5) is 0. The van der Waals surface area contributed by atoms with E-state index in [-0.39, 0.29) is 11.9 Å². The highest BCUT2D eigenvalue weighted by molar-refractivity contribution is 5.78. The Morgan fingerprint density at radius 1 is 1.33 bits per heavy atom. The van der Waals surface area contributed by atoms with Crippen LogP contribution in [0.15, 0.2) is 28.7 Å². The van der Waals surface area contributed by atoms with E-state index in [1.54, 1.807) is 6.07 Å². The van der Waals surface area contributed by atoms with Gasteiger partial charge in [-0.3, -0.25) is 0 Å². The third-order valence-corrected chi connectivity index (χ3v) is 4.01. The molecule has 1 fully saturated rings. The van der Waals surface area contributed by atoms with Crippen molar-refractivity contribution in [2.24, 2.45) is 11.8 Å². The van der Waals surface area contributed by atoms with Crippen LogP contribution in [0, 0.1) is 17.7 Å². The molecule has 0 spiro atoms. The van der Waals surface area contributed by atoms with Crippen LogP contribution in [-0.4, -0.2) is 7.05 Å². The van der Waals surface area contributed by atoms with Gasteiger partial charge in [-0.25, -0.2) is 4.39 Å². The molecule has 1 heterocycles. The van der Waals surface area contributed by atoms with Crippen LogP contribution in [0.1, 0.15) is 31.6 Å². The summed E-state index contributed by atoms with van der Waals surface area (Å²) in [6.07, 6.45) is 2.63. The lowest BCUT2D eigenvalue weighted by Crippen LogP contribution is -2.24. The third-order valence-electron chi connectivity index (χ3n) is 4.01. The molecule has 1 aromatic heterocycles. The van der Waals surface area contributed by atoms with Gasteiger partial charge in [0.1, 0.15) is 17.2 Å². The first-order valence-electron chi connectivity index (χ1n) is 6.55. The molecule has 0 amide bonds. The van der Waals surface area contributed by atoms with Crippen molar-refractivity contribution in [3.8, 4) is 0 Å². The summed E-state index contributed by atoms with van der Waals surface area (Å²) in [5, 5.41) is 4.17. The second-order valence-corrected chi connectivity index (χ2v) is 5.29. The fraction of sp³-hybridized carbons (Fsp3) is 0.467. The van der Waals surface area contributed by atoms with Crippen LogP contribution in [0.4, 0.5) is 4.39 Å². The molecule has 1 saturated carbocycles. The summed E-state index contributed by atoms with van der Waals surface area (Å²) >= 11 is 0. The second kappa shape index (κ2) is 4.39. The predicted molar refractivity (Wildman–Crippen MR) is 69.9 cm³/mol. The van der Waals surface area contributed by atoms with E-state index in [9.17, 15) is 4.39 Å². The Bertz CT molecular complexity index is 559. The van der Waals surface area contributed by atoms with Crippen LogP contribution in [-0.2, 0) is 0 Å². The number of rotatable bonds is 4. The monoisotopic (exact) mass is 247 g/mol.